The average molecular weight is 302 g/mol. The first-order valence-electron chi connectivity index (χ1n) is 8.19. The summed E-state index contributed by atoms with van der Waals surface area (Å²) in [6.45, 7) is 12.4. The smallest absolute Gasteiger partial charge is 0.195 e. The van der Waals surface area contributed by atoms with Crippen LogP contribution in [0.25, 0.3) is 0 Å². The molecule has 122 valence electrons. The van der Waals surface area contributed by atoms with Gasteiger partial charge < -0.3 is 4.74 Å². The minimum Gasteiger partial charge on any atom is -0.366 e. The van der Waals surface area contributed by atoms with Gasteiger partial charge in [0.05, 0.1) is 0 Å². The number of hydrogen-bond donors (Lipinski definition) is 0. The van der Waals surface area contributed by atoms with Crippen LogP contribution in [-0.4, -0.2) is 12.4 Å². The maximum Gasteiger partial charge on any atom is 0.195 e. The summed E-state index contributed by atoms with van der Waals surface area (Å²) in [6, 6.07) is 7.95. The molecule has 0 radical (unpaired) electrons. The molecule has 1 aromatic rings. The molecule has 0 fully saturated rings. The topological polar surface area (TPSA) is 26.3 Å². The molecule has 0 aliphatic heterocycles. The number of benzene rings is 1. The molecule has 2 heteroatoms. The van der Waals surface area contributed by atoms with Crippen molar-refractivity contribution >= 4 is 5.78 Å². The first-order chi connectivity index (χ1) is 10.6. The highest BCUT2D eigenvalue weighted by atomic mass is 16.5. The Labute approximate surface area is 135 Å². The zero-order chi connectivity index (χ0) is 17.0. The van der Waals surface area contributed by atoms with E-state index >= 15 is 0 Å². The van der Waals surface area contributed by atoms with E-state index in [2.05, 4.69) is 0 Å². The molecule has 1 rings (SSSR count). The molecule has 2 nitrogen and oxygen atoms in total. The molecule has 0 aliphatic rings. The summed E-state index contributed by atoms with van der Waals surface area (Å²) >= 11 is 0. The largest absolute Gasteiger partial charge is 0.366 e. The summed E-state index contributed by atoms with van der Waals surface area (Å²) < 4.78 is 5.68. The van der Waals surface area contributed by atoms with E-state index in [0.717, 1.165) is 12.0 Å². The summed E-state index contributed by atoms with van der Waals surface area (Å²) in [7, 11) is 0. The Balaban J connectivity index is 0.00000211. The van der Waals surface area contributed by atoms with Gasteiger partial charge in [-0.25, -0.2) is 0 Å². The van der Waals surface area contributed by atoms with Gasteiger partial charge in [0.15, 0.2) is 5.78 Å². The van der Waals surface area contributed by atoms with E-state index in [1.54, 1.807) is 0 Å². The standard InChI is InChI=1S/C18H24O2.C2H6/c1-5-8-15(9-6-2)17(19)18(20-7-3)16-12-10-14(4)11-13-16;1-2/h5,8-13,18H,6-7H2,1-4H3;1-2H3/b8-5-,15-9+;. The first-order valence-corrected chi connectivity index (χ1v) is 8.19. The predicted molar refractivity (Wildman–Crippen MR) is 95.1 cm³/mol. The minimum atomic E-state index is -0.519. The fourth-order valence-electron chi connectivity index (χ4n) is 2.03. The van der Waals surface area contributed by atoms with Crippen molar-refractivity contribution in [2.24, 2.45) is 0 Å². The lowest BCUT2D eigenvalue weighted by molar-refractivity contribution is -0.126. The van der Waals surface area contributed by atoms with Crippen molar-refractivity contribution in [2.45, 2.75) is 54.1 Å². The Morgan fingerprint density at radius 1 is 1.18 bits per heavy atom. The van der Waals surface area contributed by atoms with Gasteiger partial charge in [0.1, 0.15) is 6.10 Å². The summed E-state index contributed by atoms with van der Waals surface area (Å²) in [5.74, 6) is 0.0238. The molecular weight excluding hydrogens is 272 g/mol. The molecule has 0 aliphatic carbocycles. The van der Waals surface area contributed by atoms with Gasteiger partial charge in [0.2, 0.25) is 0 Å². The summed E-state index contributed by atoms with van der Waals surface area (Å²) in [6.07, 6.45) is 6.00. The molecule has 0 amide bonds. The van der Waals surface area contributed by atoms with Gasteiger partial charge in [-0.15, -0.1) is 0 Å². The van der Waals surface area contributed by atoms with E-state index in [1.807, 2.05) is 84.0 Å². The van der Waals surface area contributed by atoms with Gasteiger partial charge in [-0.3, -0.25) is 4.79 Å². The Hall–Kier alpha value is -1.67. The van der Waals surface area contributed by atoms with Gasteiger partial charge in [0.25, 0.3) is 0 Å². The quantitative estimate of drug-likeness (QED) is 0.485. The van der Waals surface area contributed by atoms with Crippen molar-refractivity contribution in [3.8, 4) is 0 Å². The highest BCUT2D eigenvalue weighted by Gasteiger charge is 2.22. The van der Waals surface area contributed by atoms with Crippen LogP contribution in [0, 0.1) is 6.92 Å². The van der Waals surface area contributed by atoms with Crippen molar-refractivity contribution in [3.05, 3.63) is 59.2 Å². The maximum absolute atomic E-state index is 12.7. The molecular formula is C20H30O2. The van der Waals surface area contributed by atoms with E-state index in [4.69, 9.17) is 4.74 Å². The van der Waals surface area contributed by atoms with Crippen LogP contribution in [0.15, 0.2) is 48.1 Å². The number of aryl methyl sites for hydroxylation is 1. The van der Waals surface area contributed by atoms with Crippen molar-refractivity contribution in [3.63, 3.8) is 0 Å². The van der Waals surface area contributed by atoms with Crippen LogP contribution >= 0.6 is 0 Å². The number of hydrogen-bond acceptors (Lipinski definition) is 2. The second kappa shape index (κ2) is 11.9. The monoisotopic (exact) mass is 302 g/mol. The number of ketones is 1. The van der Waals surface area contributed by atoms with Crippen LogP contribution < -0.4 is 0 Å². The molecule has 0 aromatic heterocycles. The first kappa shape index (κ1) is 20.3. The van der Waals surface area contributed by atoms with Gasteiger partial charge in [-0.05, 0) is 32.8 Å². The second-order valence-electron chi connectivity index (χ2n) is 4.68. The lowest BCUT2D eigenvalue weighted by atomic mass is 9.98. The van der Waals surface area contributed by atoms with Crippen molar-refractivity contribution in [2.75, 3.05) is 6.61 Å². The highest BCUT2D eigenvalue weighted by Crippen LogP contribution is 2.23. The lowest BCUT2D eigenvalue weighted by Gasteiger charge is -2.17. The number of carbonyl (C=O) groups excluding carboxylic acids is 1. The number of rotatable bonds is 7. The number of ether oxygens (including phenoxy) is 1. The van der Waals surface area contributed by atoms with E-state index in [-0.39, 0.29) is 5.78 Å². The highest BCUT2D eigenvalue weighted by molar-refractivity contribution is 6.01. The molecule has 1 atom stereocenters. The third-order valence-electron chi connectivity index (χ3n) is 3.01. The summed E-state index contributed by atoms with van der Waals surface area (Å²) in [4.78, 5) is 12.7. The van der Waals surface area contributed by atoms with Crippen LogP contribution in [0.1, 0.15) is 58.3 Å². The molecule has 0 saturated heterocycles. The SMILES string of the molecule is C/C=C\C(=C/CC)C(=O)C(OCC)c1ccc(C)cc1.CC. The van der Waals surface area contributed by atoms with Gasteiger partial charge in [-0.1, -0.05) is 68.8 Å². The molecule has 0 bridgehead atoms. The van der Waals surface area contributed by atoms with Gasteiger partial charge in [-0.2, -0.15) is 0 Å². The molecule has 0 saturated carbocycles. The summed E-state index contributed by atoms with van der Waals surface area (Å²) in [5, 5.41) is 0. The zero-order valence-electron chi connectivity index (χ0n) is 14.8. The van der Waals surface area contributed by atoms with E-state index < -0.39 is 6.10 Å². The van der Waals surface area contributed by atoms with Crippen LogP contribution in [-0.2, 0) is 9.53 Å². The van der Waals surface area contributed by atoms with E-state index in [0.29, 0.717) is 12.2 Å². The molecule has 1 aromatic carbocycles. The molecule has 22 heavy (non-hydrogen) atoms. The Bertz CT molecular complexity index is 481. The van der Waals surface area contributed by atoms with Crippen molar-refractivity contribution in [1.29, 1.82) is 0 Å². The van der Waals surface area contributed by atoms with Crippen LogP contribution in [0.2, 0.25) is 0 Å². The van der Waals surface area contributed by atoms with Crippen LogP contribution in [0.4, 0.5) is 0 Å². The van der Waals surface area contributed by atoms with Crippen LogP contribution in [0.3, 0.4) is 0 Å². The molecule has 1 unspecified atom stereocenters. The predicted octanol–water partition coefficient (Wildman–Crippen LogP) is 5.58. The third-order valence-corrected chi connectivity index (χ3v) is 3.01. The molecule has 0 heterocycles. The van der Waals surface area contributed by atoms with E-state index in [9.17, 15) is 4.79 Å². The fourth-order valence-corrected chi connectivity index (χ4v) is 2.03. The Morgan fingerprint density at radius 3 is 2.23 bits per heavy atom. The molecule has 0 N–H and O–H groups in total. The average Bonchev–Trinajstić information content (AvgIpc) is 2.55. The number of carbonyl (C=O) groups is 1. The molecule has 0 spiro atoms. The number of Topliss-reactive ketones (excluding diaryl/α,β-unsaturated/α-hetero) is 1. The minimum absolute atomic E-state index is 0.0238. The normalized spacial score (nSPS) is 12.7. The maximum atomic E-state index is 12.7. The van der Waals surface area contributed by atoms with Crippen molar-refractivity contribution < 1.29 is 9.53 Å². The van der Waals surface area contributed by atoms with Gasteiger partial charge in [0, 0.05) is 12.2 Å². The van der Waals surface area contributed by atoms with E-state index in [1.165, 1.54) is 5.56 Å². The fraction of sp³-hybridized carbons (Fsp3) is 0.450. The number of allylic oxidation sites excluding steroid dienone is 3. The van der Waals surface area contributed by atoms with Gasteiger partial charge >= 0.3 is 0 Å². The van der Waals surface area contributed by atoms with Crippen LogP contribution in [0.5, 0.6) is 0 Å². The summed E-state index contributed by atoms with van der Waals surface area (Å²) in [5.41, 5.74) is 2.80. The zero-order valence-corrected chi connectivity index (χ0v) is 14.8. The van der Waals surface area contributed by atoms with Crippen molar-refractivity contribution in [1.82, 2.24) is 0 Å². The lowest BCUT2D eigenvalue weighted by Crippen LogP contribution is -2.17. The Kier molecular flexibility index (Phi) is 11.0. The Morgan fingerprint density at radius 2 is 1.77 bits per heavy atom. The second-order valence-corrected chi connectivity index (χ2v) is 4.68. The third kappa shape index (κ3) is 6.40.